The number of phenolic OH excluding ortho intramolecular Hbond substituents is 1. The van der Waals surface area contributed by atoms with Gasteiger partial charge in [0.25, 0.3) is 5.56 Å². The van der Waals surface area contributed by atoms with Gasteiger partial charge in [-0.3, -0.25) is 9.36 Å². The summed E-state index contributed by atoms with van der Waals surface area (Å²) in [6.45, 7) is 13.5. The Labute approximate surface area is 237 Å². The molecule has 3 aromatic rings. The fourth-order valence-electron chi connectivity index (χ4n) is 4.65. The first-order valence-electron chi connectivity index (χ1n) is 13.2. The van der Waals surface area contributed by atoms with Crippen molar-refractivity contribution in [1.29, 1.82) is 0 Å². The summed E-state index contributed by atoms with van der Waals surface area (Å²) in [4.78, 5) is 32.4. The van der Waals surface area contributed by atoms with Gasteiger partial charge in [-0.1, -0.05) is 35.6 Å². The third-order valence-electron chi connectivity index (χ3n) is 6.23. The Bertz CT molecular complexity index is 1650. The van der Waals surface area contributed by atoms with Gasteiger partial charge in [0.15, 0.2) is 16.3 Å². The van der Waals surface area contributed by atoms with E-state index in [1.807, 2.05) is 45.0 Å². The molecule has 0 spiro atoms. The van der Waals surface area contributed by atoms with E-state index in [0.717, 1.165) is 0 Å². The average Bonchev–Trinajstić information content (AvgIpc) is 3.20. The summed E-state index contributed by atoms with van der Waals surface area (Å²) in [6.07, 6.45) is 3.75. The van der Waals surface area contributed by atoms with Crippen LogP contribution in [0.25, 0.3) is 6.08 Å². The Balaban J connectivity index is 1.97. The molecule has 1 atom stereocenters. The van der Waals surface area contributed by atoms with Gasteiger partial charge in [0.05, 0.1) is 35.1 Å². The van der Waals surface area contributed by atoms with Crippen molar-refractivity contribution in [3.8, 4) is 17.2 Å². The molecule has 9 heteroatoms. The van der Waals surface area contributed by atoms with Crippen molar-refractivity contribution in [2.75, 3.05) is 13.2 Å². The second-order valence-corrected chi connectivity index (χ2v) is 10.5. The van der Waals surface area contributed by atoms with Crippen LogP contribution in [0.15, 0.2) is 70.1 Å². The van der Waals surface area contributed by atoms with Crippen LogP contribution in [0.1, 0.15) is 57.4 Å². The summed E-state index contributed by atoms with van der Waals surface area (Å²) in [5, 5.41) is 10.6. The number of nitrogens with zero attached hydrogens (tertiary/aromatic N) is 2. The van der Waals surface area contributed by atoms with Gasteiger partial charge in [-0.2, -0.15) is 0 Å². The van der Waals surface area contributed by atoms with Crippen molar-refractivity contribution in [3.63, 3.8) is 0 Å². The molecule has 0 amide bonds. The minimum Gasteiger partial charge on any atom is -0.504 e. The fourth-order valence-corrected chi connectivity index (χ4v) is 5.70. The maximum Gasteiger partial charge on any atom is 0.338 e. The molecule has 210 valence electrons. The third-order valence-corrected chi connectivity index (χ3v) is 7.21. The molecular formula is C31H34N2O6S. The maximum absolute atomic E-state index is 14.0. The van der Waals surface area contributed by atoms with Crippen molar-refractivity contribution < 1.29 is 24.1 Å². The highest BCUT2D eigenvalue weighted by molar-refractivity contribution is 7.07. The molecule has 8 nitrogen and oxygen atoms in total. The van der Waals surface area contributed by atoms with E-state index in [2.05, 4.69) is 11.6 Å². The number of allylic oxidation sites excluding steroid dienone is 2. The number of para-hydroxylation sites is 1. The second-order valence-electron chi connectivity index (χ2n) is 9.46. The number of benzene rings is 2. The molecule has 1 aliphatic rings. The Morgan fingerprint density at radius 1 is 1.20 bits per heavy atom. The number of hydrogen-bond acceptors (Lipinski definition) is 8. The minimum absolute atomic E-state index is 0.0526. The number of carbonyl (C=O) groups excluding carboxylic acids is 1. The topological polar surface area (TPSA) is 99.4 Å². The van der Waals surface area contributed by atoms with Crippen LogP contribution in [0, 0.1) is 0 Å². The zero-order chi connectivity index (χ0) is 29.0. The number of aromatic hydroxyl groups is 1. The van der Waals surface area contributed by atoms with Crippen LogP contribution in [-0.2, 0) is 16.0 Å². The molecule has 0 radical (unpaired) electrons. The smallest absolute Gasteiger partial charge is 0.338 e. The standard InChI is InChI=1S/C31H34N2O6S/c1-7-12-21-15-20(16-24(28(21)34)37-8-2)17-25-29(35)33-27(22-13-10-11-14-23(22)39-18(4)5)26(30(36)38-9-3)19(6)32-31(33)40-25/h7,10-11,13-18,27,34H,1,8-9,12H2,2-6H3. The Morgan fingerprint density at radius 3 is 2.62 bits per heavy atom. The lowest BCUT2D eigenvalue weighted by atomic mass is 9.95. The maximum atomic E-state index is 14.0. The van der Waals surface area contributed by atoms with Crippen molar-refractivity contribution >= 4 is 23.4 Å². The lowest BCUT2D eigenvalue weighted by Crippen LogP contribution is -2.40. The molecule has 0 saturated heterocycles. The predicted molar refractivity (Wildman–Crippen MR) is 156 cm³/mol. The van der Waals surface area contributed by atoms with Crippen molar-refractivity contribution in [2.24, 2.45) is 4.99 Å². The molecular weight excluding hydrogens is 528 g/mol. The van der Waals surface area contributed by atoms with Crippen LogP contribution in [0.5, 0.6) is 17.2 Å². The third kappa shape index (κ3) is 5.74. The van der Waals surface area contributed by atoms with E-state index in [9.17, 15) is 14.7 Å². The van der Waals surface area contributed by atoms with E-state index in [4.69, 9.17) is 14.2 Å². The zero-order valence-electron chi connectivity index (χ0n) is 23.4. The Hall–Kier alpha value is -4.11. The van der Waals surface area contributed by atoms with E-state index in [1.54, 1.807) is 38.1 Å². The average molecular weight is 563 g/mol. The van der Waals surface area contributed by atoms with E-state index in [0.29, 0.717) is 56.2 Å². The van der Waals surface area contributed by atoms with Crippen molar-refractivity contribution in [2.45, 2.75) is 53.2 Å². The first-order valence-corrected chi connectivity index (χ1v) is 14.1. The summed E-state index contributed by atoms with van der Waals surface area (Å²) in [6, 6.07) is 10.1. The summed E-state index contributed by atoms with van der Waals surface area (Å²) in [5.74, 6) is 0.426. The molecule has 0 bridgehead atoms. The molecule has 1 unspecified atom stereocenters. The lowest BCUT2D eigenvalue weighted by molar-refractivity contribution is -0.139. The molecule has 1 N–H and O–H groups in total. The summed E-state index contributed by atoms with van der Waals surface area (Å²) in [5.41, 5.74) is 2.45. The van der Waals surface area contributed by atoms with Crippen LogP contribution in [0.2, 0.25) is 0 Å². The largest absolute Gasteiger partial charge is 0.504 e. The van der Waals surface area contributed by atoms with Crippen LogP contribution in [0.3, 0.4) is 0 Å². The van der Waals surface area contributed by atoms with Gasteiger partial charge in [0.2, 0.25) is 0 Å². The molecule has 1 aliphatic heterocycles. The van der Waals surface area contributed by atoms with Crippen LogP contribution < -0.4 is 24.4 Å². The highest BCUT2D eigenvalue weighted by Crippen LogP contribution is 2.36. The van der Waals surface area contributed by atoms with E-state index in [1.165, 1.54) is 15.9 Å². The van der Waals surface area contributed by atoms with E-state index in [-0.39, 0.29) is 29.6 Å². The molecule has 0 fully saturated rings. The number of aromatic nitrogens is 1. The first kappa shape index (κ1) is 28.9. The van der Waals surface area contributed by atoms with E-state index >= 15 is 0 Å². The van der Waals surface area contributed by atoms with Gasteiger partial charge in [0, 0.05) is 11.1 Å². The second kappa shape index (κ2) is 12.4. The molecule has 2 heterocycles. The van der Waals surface area contributed by atoms with Crippen LogP contribution >= 0.6 is 11.3 Å². The van der Waals surface area contributed by atoms with Gasteiger partial charge in [0.1, 0.15) is 11.8 Å². The number of phenols is 1. The Morgan fingerprint density at radius 2 is 1.95 bits per heavy atom. The van der Waals surface area contributed by atoms with Gasteiger partial charge in [-0.05, 0) is 70.9 Å². The minimum atomic E-state index is -0.789. The highest BCUT2D eigenvalue weighted by Gasteiger charge is 2.35. The van der Waals surface area contributed by atoms with Gasteiger partial charge >= 0.3 is 5.97 Å². The van der Waals surface area contributed by atoms with Gasteiger partial charge in [-0.15, -0.1) is 6.58 Å². The van der Waals surface area contributed by atoms with Gasteiger partial charge in [-0.25, -0.2) is 9.79 Å². The van der Waals surface area contributed by atoms with Gasteiger partial charge < -0.3 is 19.3 Å². The number of rotatable bonds is 10. The van der Waals surface area contributed by atoms with Crippen molar-refractivity contribution in [1.82, 2.24) is 4.57 Å². The fraction of sp³-hybridized carbons (Fsp3) is 0.323. The van der Waals surface area contributed by atoms with Crippen LogP contribution in [-0.4, -0.2) is 35.0 Å². The molecule has 2 aromatic carbocycles. The number of fused-ring (bicyclic) bond motifs is 1. The summed E-state index contributed by atoms with van der Waals surface area (Å²) < 4.78 is 19.1. The lowest BCUT2D eigenvalue weighted by Gasteiger charge is -2.26. The Kier molecular flexibility index (Phi) is 8.94. The molecule has 0 saturated carbocycles. The van der Waals surface area contributed by atoms with Crippen LogP contribution in [0.4, 0.5) is 0 Å². The number of hydrogen-bond donors (Lipinski definition) is 1. The summed E-state index contributed by atoms with van der Waals surface area (Å²) in [7, 11) is 0. The molecule has 4 rings (SSSR count). The zero-order valence-corrected chi connectivity index (χ0v) is 24.2. The summed E-state index contributed by atoms with van der Waals surface area (Å²) >= 11 is 1.23. The number of ether oxygens (including phenoxy) is 3. The highest BCUT2D eigenvalue weighted by atomic mass is 32.1. The van der Waals surface area contributed by atoms with Crippen molar-refractivity contribution in [3.05, 3.63) is 96.7 Å². The number of carbonyl (C=O) groups is 1. The molecule has 0 aliphatic carbocycles. The normalized spacial score (nSPS) is 15.1. The SMILES string of the molecule is C=CCc1cc(C=c2sc3n(c2=O)C(c2ccccc2OC(C)C)C(C(=O)OCC)=C(C)N=3)cc(OCC)c1O. The quantitative estimate of drug-likeness (QED) is 0.290. The molecule has 1 aromatic heterocycles. The number of esters is 1. The number of thiazole rings is 1. The predicted octanol–water partition coefficient (Wildman–Crippen LogP) is 4.42. The molecule has 40 heavy (non-hydrogen) atoms. The van der Waals surface area contributed by atoms with E-state index < -0.39 is 12.0 Å². The first-order chi connectivity index (χ1) is 19.2. The monoisotopic (exact) mass is 562 g/mol.